The molecule has 1 amide bonds. The molecule has 2 N–H and O–H groups in total. The van der Waals surface area contributed by atoms with E-state index in [9.17, 15) is 4.79 Å². The molecule has 9 nitrogen and oxygen atoms in total. The van der Waals surface area contributed by atoms with Gasteiger partial charge in [-0.3, -0.25) is 9.69 Å². The average molecular weight is 387 g/mol. The van der Waals surface area contributed by atoms with E-state index in [1.54, 1.807) is 44.6 Å². The maximum atomic E-state index is 12.4. The molecule has 0 radical (unpaired) electrons. The lowest BCUT2D eigenvalue weighted by Gasteiger charge is -2.26. The first-order valence-corrected chi connectivity index (χ1v) is 9.10. The number of anilines is 2. The highest BCUT2D eigenvalue weighted by atomic mass is 16.5. The minimum Gasteiger partial charge on any atom is -0.493 e. The molecule has 1 aromatic carbocycles. The molecule has 0 saturated carbocycles. The van der Waals surface area contributed by atoms with Crippen LogP contribution < -0.4 is 20.1 Å². The second kappa shape index (κ2) is 9.86. The summed E-state index contributed by atoms with van der Waals surface area (Å²) in [5.41, 5.74) is 0.811. The van der Waals surface area contributed by atoms with Gasteiger partial charge in [0.05, 0.1) is 27.4 Å². The Morgan fingerprint density at radius 2 is 1.89 bits per heavy atom. The number of carbonyl (C=O) groups excluding carboxylic acids is 1. The summed E-state index contributed by atoms with van der Waals surface area (Å²) in [7, 11) is 3.10. The molecule has 1 aliphatic heterocycles. The number of aromatic nitrogens is 2. The van der Waals surface area contributed by atoms with E-state index in [1.807, 2.05) is 0 Å². The van der Waals surface area contributed by atoms with Gasteiger partial charge in [0.2, 0.25) is 0 Å². The topological polar surface area (TPSA) is 97.8 Å². The van der Waals surface area contributed by atoms with Gasteiger partial charge in [-0.15, -0.1) is 10.2 Å². The van der Waals surface area contributed by atoms with Crippen LogP contribution in [-0.2, 0) is 4.74 Å². The first-order valence-electron chi connectivity index (χ1n) is 9.10. The van der Waals surface area contributed by atoms with E-state index in [0.717, 1.165) is 39.4 Å². The number of hydrogen-bond acceptors (Lipinski definition) is 8. The van der Waals surface area contributed by atoms with E-state index in [-0.39, 0.29) is 11.6 Å². The predicted molar refractivity (Wildman–Crippen MR) is 105 cm³/mol. The van der Waals surface area contributed by atoms with Gasteiger partial charge < -0.3 is 24.8 Å². The van der Waals surface area contributed by atoms with Crippen LogP contribution in [0.25, 0.3) is 0 Å². The molecular weight excluding hydrogens is 362 g/mol. The van der Waals surface area contributed by atoms with Gasteiger partial charge in [-0.2, -0.15) is 0 Å². The Kier molecular flexibility index (Phi) is 6.99. The van der Waals surface area contributed by atoms with Crippen molar-refractivity contribution < 1.29 is 19.0 Å². The molecule has 1 saturated heterocycles. The fraction of sp³-hybridized carbons (Fsp3) is 0.421. The van der Waals surface area contributed by atoms with Crippen LogP contribution in [0.2, 0.25) is 0 Å². The summed E-state index contributed by atoms with van der Waals surface area (Å²) < 4.78 is 15.8. The lowest BCUT2D eigenvalue weighted by molar-refractivity contribution is 0.0398. The third kappa shape index (κ3) is 5.30. The predicted octanol–water partition coefficient (Wildman–Crippen LogP) is 1.49. The third-order valence-corrected chi connectivity index (χ3v) is 4.38. The molecule has 9 heteroatoms. The number of ether oxygens (including phenoxy) is 3. The van der Waals surface area contributed by atoms with E-state index in [0.29, 0.717) is 23.0 Å². The third-order valence-electron chi connectivity index (χ3n) is 4.38. The standard InChI is InChI=1S/C19H25N5O4/c1-26-16-5-3-14(13-17(16)27-2)21-19(25)15-4-6-18(23-22-15)20-7-8-24-9-11-28-12-10-24/h3-6,13H,7-12H2,1-2H3,(H,20,23)(H,21,25). The average Bonchev–Trinajstić information content (AvgIpc) is 2.75. The van der Waals surface area contributed by atoms with Gasteiger partial charge in [0.15, 0.2) is 17.2 Å². The van der Waals surface area contributed by atoms with Crippen molar-refractivity contribution in [1.29, 1.82) is 0 Å². The highest BCUT2D eigenvalue weighted by molar-refractivity contribution is 6.02. The maximum Gasteiger partial charge on any atom is 0.276 e. The zero-order chi connectivity index (χ0) is 19.8. The van der Waals surface area contributed by atoms with Gasteiger partial charge in [0, 0.05) is 37.9 Å². The normalized spacial score (nSPS) is 14.4. The number of morpholine rings is 1. The molecule has 0 bridgehead atoms. The quantitative estimate of drug-likeness (QED) is 0.703. The van der Waals surface area contributed by atoms with Crippen LogP contribution >= 0.6 is 0 Å². The molecule has 0 atom stereocenters. The van der Waals surface area contributed by atoms with E-state index >= 15 is 0 Å². The molecule has 1 aromatic heterocycles. The number of nitrogens with one attached hydrogen (secondary N) is 2. The second-order valence-corrected chi connectivity index (χ2v) is 6.21. The molecule has 2 aromatic rings. The van der Waals surface area contributed by atoms with E-state index in [1.165, 1.54) is 0 Å². The van der Waals surface area contributed by atoms with Crippen LogP contribution in [0.4, 0.5) is 11.5 Å². The Morgan fingerprint density at radius 1 is 1.11 bits per heavy atom. The first kappa shape index (κ1) is 19.8. The molecule has 0 unspecified atom stereocenters. The summed E-state index contributed by atoms with van der Waals surface area (Å²) >= 11 is 0. The molecule has 2 heterocycles. The summed E-state index contributed by atoms with van der Waals surface area (Å²) in [6, 6.07) is 8.53. The van der Waals surface area contributed by atoms with Crippen molar-refractivity contribution in [1.82, 2.24) is 15.1 Å². The van der Waals surface area contributed by atoms with Crippen LogP contribution in [-0.4, -0.2) is 74.6 Å². The van der Waals surface area contributed by atoms with Crippen LogP contribution in [0.1, 0.15) is 10.5 Å². The summed E-state index contributed by atoms with van der Waals surface area (Å²) in [5, 5.41) is 14.1. The highest BCUT2D eigenvalue weighted by Crippen LogP contribution is 2.29. The molecule has 0 spiro atoms. The lowest BCUT2D eigenvalue weighted by Crippen LogP contribution is -2.39. The summed E-state index contributed by atoms with van der Waals surface area (Å²) in [6.45, 7) is 5.12. The van der Waals surface area contributed by atoms with Crippen molar-refractivity contribution in [2.45, 2.75) is 0 Å². The fourth-order valence-corrected chi connectivity index (χ4v) is 2.82. The van der Waals surface area contributed by atoms with Crippen molar-refractivity contribution in [3.05, 3.63) is 36.0 Å². The van der Waals surface area contributed by atoms with Crippen molar-refractivity contribution >= 4 is 17.4 Å². The molecule has 1 fully saturated rings. The zero-order valence-electron chi connectivity index (χ0n) is 16.1. The number of hydrogen-bond donors (Lipinski definition) is 2. The van der Waals surface area contributed by atoms with Crippen LogP contribution in [0.15, 0.2) is 30.3 Å². The summed E-state index contributed by atoms with van der Waals surface area (Å²) in [6.07, 6.45) is 0. The van der Waals surface area contributed by atoms with Crippen LogP contribution in [0, 0.1) is 0 Å². The Bertz CT molecular complexity index is 778. The molecule has 150 valence electrons. The van der Waals surface area contributed by atoms with Crippen molar-refractivity contribution in [3.63, 3.8) is 0 Å². The summed E-state index contributed by atoms with van der Waals surface area (Å²) in [5.74, 6) is 1.41. The Morgan fingerprint density at radius 3 is 2.57 bits per heavy atom. The summed E-state index contributed by atoms with van der Waals surface area (Å²) in [4.78, 5) is 14.7. The first-order chi connectivity index (χ1) is 13.7. The fourth-order valence-electron chi connectivity index (χ4n) is 2.82. The number of nitrogens with zero attached hydrogens (tertiary/aromatic N) is 3. The van der Waals surface area contributed by atoms with Gasteiger partial charge in [-0.25, -0.2) is 0 Å². The monoisotopic (exact) mass is 387 g/mol. The SMILES string of the molecule is COc1ccc(NC(=O)c2ccc(NCCN3CCOCC3)nn2)cc1OC. The second-order valence-electron chi connectivity index (χ2n) is 6.21. The Labute approximate surface area is 164 Å². The molecular formula is C19H25N5O4. The molecule has 1 aliphatic rings. The van der Waals surface area contributed by atoms with Gasteiger partial charge in [0.1, 0.15) is 5.82 Å². The van der Waals surface area contributed by atoms with Crippen LogP contribution in [0.5, 0.6) is 11.5 Å². The van der Waals surface area contributed by atoms with E-state index < -0.39 is 0 Å². The minimum atomic E-state index is -0.348. The smallest absolute Gasteiger partial charge is 0.276 e. The lowest BCUT2D eigenvalue weighted by atomic mass is 10.2. The Balaban J connectivity index is 1.51. The number of methoxy groups -OCH3 is 2. The van der Waals surface area contributed by atoms with E-state index in [2.05, 4.69) is 25.7 Å². The minimum absolute atomic E-state index is 0.230. The van der Waals surface area contributed by atoms with Gasteiger partial charge >= 0.3 is 0 Å². The van der Waals surface area contributed by atoms with Gasteiger partial charge in [-0.1, -0.05) is 0 Å². The van der Waals surface area contributed by atoms with E-state index in [4.69, 9.17) is 14.2 Å². The molecule has 28 heavy (non-hydrogen) atoms. The van der Waals surface area contributed by atoms with Crippen molar-refractivity contribution in [2.24, 2.45) is 0 Å². The van der Waals surface area contributed by atoms with Gasteiger partial charge in [0.25, 0.3) is 5.91 Å². The maximum absolute atomic E-state index is 12.4. The number of rotatable bonds is 8. The van der Waals surface area contributed by atoms with Crippen LogP contribution in [0.3, 0.4) is 0 Å². The number of benzene rings is 1. The molecule has 0 aliphatic carbocycles. The number of amides is 1. The number of carbonyl (C=O) groups is 1. The Hall–Kier alpha value is -2.91. The zero-order valence-corrected chi connectivity index (χ0v) is 16.1. The molecule has 3 rings (SSSR count). The van der Waals surface area contributed by atoms with Gasteiger partial charge in [-0.05, 0) is 24.3 Å². The highest BCUT2D eigenvalue weighted by Gasteiger charge is 2.12. The van der Waals surface area contributed by atoms with Crippen molar-refractivity contribution in [2.75, 3.05) is 64.2 Å². The van der Waals surface area contributed by atoms with Crippen molar-refractivity contribution in [3.8, 4) is 11.5 Å². The largest absolute Gasteiger partial charge is 0.493 e.